The van der Waals surface area contributed by atoms with Gasteiger partial charge in [-0.3, -0.25) is 0 Å². The summed E-state index contributed by atoms with van der Waals surface area (Å²) >= 11 is 0. The van der Waals surface area contributed by atoms with Crippen molar-refractivity contribution in [3.8, 4) is 0 Å². The van der Waals surface area contributed by atoms with E-state index in [4.69, 9.17) is 9.88 Å². The number of carbonyl (C=O) groups is 1. The molecule has 0 fully saturated rings. The molecule has 0 amide bonds. The maximum absolute atomic E-state index is 12.1. The van der Waals surface area contributed by atoms with Gasteiger partial charge in [0.2, 0.25) is 10.0 Å². The van der Waals surface area contributed by atoms with E-state index < -0.39 is 21.6 Å². The molecule has 0 unspecified atom stereocenters. The van der Waals surface area contributed by atoms with Crippen molar-refractivity contribution in [1.29, 1.82) is 0 Å². The molecule has 0 bridgehead atoms. The number of ether oxygens (including phenoxy) is 1. The Morgan fingerprint density at radius 2 is 1.74 bits per heavy atom. The molecule has 106 valence electrons. The number of hydrogen-bond donors (Lipinski definition) is 1. The Labute approximate surface area is 113 Å². The van der Waals surface area contributed by atoms with E-state index in [0.29, 0.717) is 11.1 Å². The zero-order valence-corrected chi connectivity index (χ0v) is 12.6. The van der Waals surface area contributed by atoms with Crippen LogP contribution in [0, 0.1) is 13.8 Å². The second kappa shape index (κ2) is 4.94. The summed E-state index contributed by atoms with van der Waals surface area (Å²) in [5.41, 5.74) is 0.933. The summed E-state index contributed by atoms with van der Waals surface area (Å²) in [4.78, 5) is 12.0. The zero-order valence-electron chi connectivity index (χ0n) is 11.8. The number of rotatable bonds is 2. The molecule has 1 aromatic carbocycles. The van der Waals surface area contributed by atoms with E-state index in [1.165, 1.54) is 12.1 Å². The standard InChI is InChI=1S/C13H19NO4S/c1-8-6-10(19(14,16)17)7-11(9(8)2)12(15)18-13(3,4)5/h6-7H,1-5H3,(H2,14,16,17). The highest BCUT2D eigenvalue weighted by atomic mass is 32.2. The molecule has 1 aromatic rings. The second-order valence-corrected chi connectivity index (χ2v) is 7.02. The van der Waals surface area contributed by atoms with Gasteiger partial charge in [-0.2, -0.15) is 0 Å². The molecule has 19 heavy (non-hydrogen) atoms. The summed E-state index contributed by atoms with van der Waals surface area (Å²) in [6.07, 6.45) is 0. The van der Waals surface area contributed by atoms with Gasteiger partial charge in [0.15, 0.2) is 0 Å². The summed E-state index contributed by atoms with van der Waals surface area (Å²) in [7, 11) is -3.85. The molecule has 1 rings (SSSR count). The predicted molar refractivity (Wildman–Crippen MR) is 72.5 cm³/mol. The largest absolute Gasteiger partial charge is 0.456 e. The maximum Gasteiger partial charge on any atom is 0.338 e. The van der Waals surface area contributed by atoms with Gasteiger partial charge >= 0.3 is 5.97 Å². The Hall–Kier alpha value is -1.40. The number of sulfonamides is 1. The first-order valence-electron chi connectivity index (χ1n) is 5.79. The fourth-order valence-electron chi connectivity index (χ4n) is 1.54. The van der Waals surface area contributed by atoms with Crippen LogP contribution in [0.2, 0.25) is 0 Å². The Morgan fingerprint density at radius 1 is 1.21 bits per heavy atom. The number of primary sulfonamides is 1. The number of hydrogen-bond acceptors (Lipinski definition) is 4. The fourth-order valence-corrected chi connectivity index (χ4v) is 2.16. The molecule has 0 aliphatic carbocycles. The van der Waals surface area contributed by atoms with Crippen LogP contribution < -0.4 is 5.14 Å². The molecule has 5 nitrogen and oxygen atoms in total. The van der Waals surface area contributed by atoms with Gasteiger partial charge in [0.25, 0.3) is 0 Å². The topological polar surface area (TPSA) is 86.5 Å². The highest BCUT2D eigenvalue weighted by Crippen LogP contribution is 2.21. The van der Waals surface area contributed by atoms with Gasteiger partial charge in [0.1, 0.15) is 5.60 Å². The van der Waals surface area contributed by atoms with Gasteiger partial charge in [0.05, 0.1) is 10.5 Å². The van der Waals surface area contributed by atoms with Crippen molar-refractivity contribution >= 4 is 16.0 Å². The van der Waals surface area contributed by atoms with E-state index in [1.54, 1.807) is 34.6 Å². The SMILES string of the molecule is Cc1cc(S(N)(=O)=O)cc(C(=O)OC(C)(C)C)c1C. The average Bonchev–Trinajstić information content (AvgIpc) is 2.17. The normalized spacial score (nSPS) is 12.3. The number of esters is 1. The van der Waals surface area contributed by atoms with Gasteiger partial charge in [-0.1, -0.05) is 0 Å². The van der Waals surface area contributed by atoms with Crippen molar-refractivity contribution in [1.82, 2.24) is 0 Å². The minimum absolute atomic E-state index is 0.0866. The first-order chi connectivity index (χ1) is 8.42. The monoisotopic (exact) mass is 285 g/mol. The number of benzene rings is 1. The molecule has 0 spiro atoms. The highest BCUT2D eigenvalue weighted by Gasteiger charge is 2.22. The lowest BCUT2D eigenvalue weighted by Crippen LogP contribution is -2.25. The van der Waals surface area contributed by atoms with Gasteiger partial charge in [-0.15, -0.1) is 0 Å². The van der Waals surface area contributed by atoms with E-state index in [9.17, 15) is 13.2 Å². The summed E-state index contributed by atoms with van der Waals surface area (Å²) in [6.45, 7) is 8.70. The molecule has 0 heterocycles. The molecule has 0 radical (unpaired) electrons. The van der Waals surface area contributed by atoms with Crippen LogP contribution in [0.1, 0.15) is 42.3 Å². The van der Waals surface area contributed by atoms with Crippen LogP contribution in [0.5, 0.6) is 0 Å². The van der Waals surface area contributed by atoms with Crippen molar-refractivity contribution in [2.75, 3.05) is 0 Å². The lowest BCUT2D eigenvalue weighted by molar-refractivity contribution is 0.00683. The van der Waals surface area contributed by atoms with Gasteiger partial charge in [0, 0.05) is 0 Å². The molecular weight excluding hydrogens is 266 g/mol. The molecule has 2 N–H and O–H groups in total. The van der Waals surface area contributed by atoms with E-state index >= 15 is 0 Å². The molecular formula is C13H19NO4S. The highest BCUT2D eigenvalue weighted by molar-refractivity contribution is 7.89. The summed E-state index contributed by atoms with van der Waals surface area (Å²) in [5.74, 6) is -0.557. The average molecular weight is 285 g/mol. The van der Waals surface area contributed by atoms with E-state index in [0.717, 1.165) is 0 Å². The summed E-state index contributed by atoms with van der Waals surface area (Å²) < 4.78 is 28.0. The summed E-state index contributed by atoms with van der Waals surface area (Å²) in [5, 5.41) is 5.09. The summed E-state index contributed by atoms with van der Waals surface area (Å²) in [6, 6.07) is 2.70. The molecule has 0 aromatic heterocycles. The molecule has 0 aliphatic heterocycles. The molecule has 0 saturated heterocycles. The smallest absolute Gasteiger partial charge is 0.338 e. The second-order valence-electron chi connectivity index (χ2n) is 5.46. The zero-order chi connectivity index (χ0) is 15.0. The van der Waals surface area contributed by atoms with Crippen LogP contribution in [-0.4, -0.2) is 20.0 Å². The van der Waals surface area contributed by atoms with Crippen LogP contribution in [0.15, 0.2) is 17.0 Å². The fraction of sp³-hybridized carbons (Fsp3) is 0.462. The number of carbonyl (C=O) groups excluding carboxylic acids is 1. The van der Waals surface area contributed by atoms with Gasteiger partial charge in [-0.05, 0) is 57.9 Å². The predicted octanol–water partition coefficient (Wildman–Crippen LogP) is 1.91. The van der Waals surface area contributed by atoms with E-state index in [-0.39, 0.29) is 10.5 Å². The Morgan fingerprint density at radius 3 is 2.16 bits per heavy atom. The minimum atomic E-state index is -3.85. The van der Waals surface area contributed by atoms with Crippen molar-refractivity contribution in [3.63, 3.8) is 0 Å². The first-order valence-corrected chi connectivity index (χ1v) is 7.34. The first kappa shape index (κ1) is 15.7. The van der Waals surface area contributed by atoms with Crippen molar-refractivity contribution < 1.29 is 17.9 Å². The number of nitrogens with two attached hydrogens (primary N) is 1. The van der Waals surface area contributed by atoms with Crippen LogP contribution in [-0.2, 0) is 14.8 Å². The van der Waals surface area contributed by atoms with Crippen LogP contribution in [0.4, 0.5) is 0 Å². The third-order valence-electron chi connectivity index (χ3n) is 2.59. The maximum atomic E-state index is 12.1. The lowest BCUT2D eigenvalue weighted by atomic mass is 10.0. The van der Waals surface area contributed by atoms with Crippen LogP contribution in [0.3, 0.4) is 0 Å². The quantitative estimate of drug-likeness (QED) is 0.841. The molecule has 0 atom stereocenters. The Kier molecular flexibility index (Phi) is 4.07. The molecule has 0 aliphatic rings. The third kappa shape index (κ3) is 4.04. The third-order valence-corrected chi connectivity index (χ3v) is 3.48. The van der Waals surface area contributed by atoms with Crippen molar-refractivity contribution in [2.24, 2.45) is 5.14 Å². The van der Waals surface area contributed by atoms with Crippen LogP contribution >= 0.6 is 0 Å². The Balaban J connectivity index is 3.36. The van der Waals surface area contributed by atoms with Crippen molar-refractivity contribution in [3.05, 3.63) is 28.8 Å². The van der Waals surface area contributed by atoms with E-state index in [2.05, 4.69) is 0 Å². The Bertz CT molecular complexity index is 612. The van der Waals surface area contributed by atoms with E-state index in [1.807, 2.05) is 0 Å². The van der Waals surface area contributed by atoms with Gasteiger partial charge in [-0.25, -0.2) is 18.4 Å². The van der Waals surface area contributed by atoms with Gasteiger partial charge < -0.3 is 4.74 Å². The van der Waals surface area contributed by atoms with Crippen LogP contribution in [0.25, 0.3) is 0 Å². The molecule has 6 heteroatoms. The minimum Gasteiger partial charge on any atom is -0.456 e. The lowest BCUT2D eigenvalue weighted by Gasteiger charge is -2.20. The molecule has 0 saturated carbocycles. The van der Waals surface area contributed by atoms with Crippen molar-refractivity contribution in [2.45, 2.75) is 45.1 Å². The number of aryl methyl sites for hydroxylation is 1.